The maximum absolute atomic E-state index is 5.15. The van der Waals surface area contributed by atoms with Gasteiger partial charge in [0.2, 0.25) is 0 Å². The molecule has 3 aliphatic rings. The van der Waals surface area contributed by atoms with Crippen LogP contribution in [0.5, 0.6) is 0 Å². The zero-order valence-electron chi connectivity index (χ0n) is 73.0. The van der Waals surface area contributed by atoms with Crippen LogP contribution in [0, 0.1) is 0 Å². The van der Waals surface area contributed by atoms with E-state index in [0.29, 0.717) is 18.1 Å². The van der Waals surface area contributed by atoms with Gasteiger partial charge in [0.1, 0.15) is 0 Å². The van der Waals surface area contributed by atoms with Crippen molar-refractivity contribution >= 4 is 32.7 Å². The summed E-state index contributed by atoms with van der Waals surface area (Å²) in [5.74, 6) is 1.47. The van der Waals surface area contributed by atoms with Crippen LogP contribution in [0.1, 0.15) is 99.4 Å². The third-order valence-electron chi connectivity index (χ3n) is 26.2. The van der Waals surface area contributed by atoms with Gasteiger partial charge in [0.15, 0.2) is 11.6 Å². The fraction of sp³-hybridized carbons (Fsp3) is 0.164. The summed E-state index contributed by atoms with van der Waals surface area (Å²) < 4.78 is 7.47. The summed E-state index contributed by atoms with van der Waals surface area (Å²) in [6, 6.07) is 134. The highest BCUT2D eigenvalue weighted by atomic mass is 15.2. The summed E-state index contributed by atoms with van der Waals surface area (Å²) in [4.78, 5) is 32.8. The van der Waals surface area contributed by atoms with Gasteiger partial charge in [-0.05, 0) is 191 Å². The second kappa shape index (κ2) is 36.1. The quantitative estimate of drug-likeness (QED) is 0.0891. The minimum atomic E-state index is 0.352. The molecule has 13 aromatic carbocycles. The number of fused-ring (bicyclic) bond motifs is 9. The van der Waals surface area contributed by atoms with Crippen molar-refractivity contribution in [2.24, 2.45) is 0 Å². The molecule has 0 saturated carbocycles. The Hall–Kier alpha value is -14.3. The van der Waals surface area contributed by atoms with Gasteiger partial charge < -0.3 is 13.7 Å². The smallest absolute Gasteiger partial charge is 0.160 e. The molecule has 127 heavy (non-hydrogen) atoms. The van der Waals surface area contributed by atoms with Gasteiger partial charge in [0.05, 0.1) is 50.7 Å². The molecule has 0 radical (unpaired) electrons. The minimum absolute atomic E-state index is 0.352. The normalized spacial score (nSPS) is 15.1. The summed E-state index contributed by atoms with van der Waals surface area (Å²) in [7, 11) is 2.24. The first-order valence-electron chi connectivity index (χ1n) is 45.2. The Kier molecular flexibility index (Phi) is 23.0. The minimum Gasteiger partial charge on any atom is -0.312 e. The first-order valence-corrected chi connectivity index (χ1v) is 45.2. The van der Waals surface area contributed by atoms with E-state index in [-0.39, 0.29) is 0 Å². The van der Waals surface area contributed by atoms with Crippen LogP contribution in [0.4, 0.5) is 0 Å². The van der Waals surface area contributed by atoms with E-state index in [1.165, 1.54) is 113 Å². The van der Waals surface area contributed by atoms with Gasteiger partial charge in [-0.25, -0.2) is 24.9 Å². The zero-order valence-corrected chi connectivity index (χ0v) is 73.0. The predicted octanol–water partition coefficient (Wildman–Crippen LogP) is 27.7. The maximum atomic E-state index is 5.15. The summed E-state index contributed by atoms with van der Waals surface area (Å²) in [6.07, 6.45) is 5.61. The monoisotopic (exact) mass is 1650 g/mol. The number of pyridine rings is 1. The van der Waals surface area contributed by atoms with E-state index >= 15 is 0 Å². The molecule has 3 atom stereocenters. The predicted molar refractivity (Wildman–Crippen MR) is 526 cm³/mol. The lowest BCUT2D eigenvalue weighted by molar-refractivity contribution is 0.194. The number of para-hydroxylation sites is 3. The van der Waals surface area contributed by atoms with E-state index in [0.717, 1.165) is 148 Å². The molecule has 22 rings (SSSR count). The molecule has 11 heteroatoms. The van der Waals surface area contributed by atoms with Gasteiger partial charge in [-0.3, -0.25) is 14.7 Å². The average Bonchev–Trinajstić information content (AvgIpc) is 1.59. The number of aromatic nitrogens is 8. The molecule has 0 bridgehead atoms. The van der Waals surface area contributed by atoms with Gasteiger partial charge in [-0.15, -0.1) is 0 Å². The number of nitrogens with zero attached hydrogens (tertiary/aromatic N) is 11. The second-order valence-corrected chi connectivity index (χ2v) is 33.9. The Morgan fingerprint density at radius 1 is 0.244 bits per heavy atom. The molecular weight excluding hydrogens is 1550 g/mol. The van der Waals surface area contributed by atoms with Crippen LogP contribution in [0.3, 0.4) is 0 Å². The molecule has 11 nitrogen and oxygen atoms in total. The van der Waals surface area contributed by atoms with Crippen LogP contribution < -0.4 is 0 Å². The van der Waals surface area contributed by atoms with Crippen LogP contribution in [0.15, 0.2) is 376 Å². The van der Waals surface area contributed by atoms with Crippen LogP contribution in [-0.2, 0) is 19.3 Å². The van der Waals surface area contributed by atoms with E-state index in [1.807, 2.05) is 48.5 Å². The van der Waals surface area contributed by atoms with E-state index in [2.05, 4.69) is 398 Å². The van der Waals surface area contributed by atoms with E-state index < -0.39 is 0 Å². The van der Waals surface area contributed by atoms with E-state index in [1.54, 1.807) is 0 Å². The third kappa shape index (κ3) is 16.2. The first kappa shape index (κ1) is 81.0. The van der Waals surface area contributed by atoms with Gasteiger partial charge in [-0.1, -0.05) is 311 Å². The number of hydrogen-bond acceptors (Lipinski definition) is 8. The lowest BCUT2D eigenvalue weighted by Crippen LogP contribution is -2.35. The molecule has 0 aliphatic carbocycles. The van der Waals surface area contributed by atoms with Gasteiger partial charge >= 0.3 is 0 Å². The lowest BCUT2D eigenvalue weighted by atomic mass is 9.98. The summed E-state index contributed by atoms with van der Waals surface area (Å²) >= 11 is 0. The van der Waals surface area contributed by atoms with Crippen molar-refractivity contribution in [2.75, 3.05) is 39.8 Å². The highest BCUT2D eigenvalue weighted by Gasteiger charge is 2.34. The van der Waals surface area contributed by atoms with Crippen LogP contribution in [0.2, 0.25) is 0 Å². The van der Waals surface area contributed by atoms with Crippen LogP contribution in [0.25, 0.3) is 162 Å². The largest absolute Gasteiger partial charge is 0.312 e. The molecule has 622 valence electrons. The van der Waals surface area contributed by atoms with Crippen molar-refractivity contribution in [1.82, 2.24) is 53.3 Å². The summed E-state index contributed by atoms with van der Waals surface area (Å²) in [6.45, 7) is 17.2. The average molecular weight is 1650 g/mol. The first-order chi connectivity index (χ1) is 62.6. The molecule has 3 unspecified atom stereocenters. The van der Waals surface area contributed by atoms with Gasteiger partial charge in [0, 0.05) is 133 Å². The van der Waals surface area contributed by atoms with Crippen molar-refractivity contribution < 1.29 is 0 Å². The number of likely N-dealkylation sites (N-methyl/N-ethyl adjacent to an activating group) is 1. The maximum Gasteiger partial charge on any atom is 0.160 e. The summed E-state index contributed by atoms with van der Waals surface area (Å²) in [5.41, 5.74) is 35.2. The highest BCUT2D eigenvalue weighted by molar-refractivity contribution is 5.91. The van der Waals surface area contributed by atoms with Crippen LogP contribution in [-0.4, -0.2) is 93.1 Å². The number of rotatable bonds is 17. The molecule has 0 saturated heterocycles. The topological polar surface area (TPSA) is 89.0 Å². The van der Waals surface area contributed by atoms with E-state index in [4.69, 9.17) is 24.9 Å². The van der Waals surface area contributed by atoms with Crippen molar-refractivity contribution in [3.05, 3.63) is 410 Å². The van der Waals surface area contributed by atoms with Crippen molar-refractivity contribution in [3.63, 3.8) is 0 Å². The Morgan fingerprint density at radius 2 is 0.496 bits per heavy atom. The Labute approximate surface area is 745 Å². The van der Waals surface area contributed by atoms with Gasteiger partial charge in [0.25, 0.3) is 0 Å². The Morgan fingerprint density at radius 3 is 0.843 bits per heavy atom. The summed E-state index contributed by atoms with van der Waals surface area (Å²) in [5, 5.41) is 4.14. The fourth-order valence-electron chi connectivity index (χ4n) is 19.6. The molecule has 0 N–H and O–H groups in total. The molecule has 6 aromatic heterocycles. The van der Waals surface area contributed by atoms with Crippen molar-refractivity contribution in [1.29, 1.82) is 0 Å². The van der Waals surface area contributed by atoms with E-state index in [9.17, 15) is 0 Å². The third-order valence-corrected chi connectivity index (χ3v) is 26.2. The van der Waals surface area contributed by atoms with Gasteiger partial charge in [-0.2, -0.15) is 0 Å². The lowest BCUT2D eigenvalue weighted by Gasteiger charge is -2.34. The molecule has 0 spiro atoms. The Bertz CT molecular complexity index is 6680. The fourth-order valence-corrected chi connectivity index (χ4v) is 19.6. The molecular formula is C116H103N11. The Balaban J connectivity index is 0.000000120. The number of benzene rings is 13. The van der Waals surface area contributed by atoms with Crippen molar-refractivity contribution in [3.8, 4) is 130 Å². The van der Waals surface area contributed by atoms with Crippen LogP contribution >= 0.6 is 0 Å². The van der Waals surface area contributed by atoms with Crippen molar-refractivity contribution in [2.45, 2.75) is 84.8 Å². The molecule has 9 heterocycles. The second-order valence-electron chi connectivity index (χ2n) is 33.9. The highest BCUT2D eigenvalue weighted by Crippen LogP contribution is 2.45. The SMILES string of the molecule is CC1c2c(c3ccccc3n2-c2ccc(-c3cc(-c4ccccc4)nc(-c4ccc(-c5ccccc5)cc4)c3)cc2)CCN1C.CCCN1CCc2c(n(-c3ccc(-c4cc(-c5ccccc5)nc(-c5ccccc5)n4)cc3)c3ccccc23)C1C.CCCN1CCc2c(n(-c3ccc(-c4cc(-c5ccccc5)nc(-c5ccccc5)n4)cc3)c3ccccc23)C1C. The standard InChI is InChI=1S/C42H35N3.2C37H34N4/c1-29-42-38(25-26-44(29)2)37-15-9-10-16-41(37)45(42)36-23-21-32(22-24-36)35-27-39(33-13-7-4-8-14-33)43-40(28-35)34-19-17-31(18-20-34)30-11-5-3-6-12-30;2*1-3-23-40-24-22-32-31-16-10-11-17-35(31)41(36(32)26(40)2)30-20-18-28(19-21-30)34-25-33(27-12-6-4-7-13-27)38-37(39-34)29-14-8-5-9-15-29/h3-24,27-29H,25-26H2,1-2H3;2*4-21,25-26H,3,22-24H2,1-2H3. The number of hydrogen-bond donors (Lipinski definition) is 0. The molecule has 0 amide bonds. The molecule has 0 fully saturated rings. The molecule has 3 aliphatic heterocycles. The molecule has 19 aromatic rings. The zero-order chi connectivity index (χ0) is 85.9.